The van der Waals surface area contributed by atoms with E-state index >= 15 is 0 Å². The molecule has 16 heavy (non-hydrogen) atoms. The summed E-state index contributed by atoms with van der Waals surface area (Å²) in [5.74, 6) is -0.0481. The highest BCUT2D eigenvalue weighted by molar-refractivity contribution is 5.78. The number of nitrogens with one attached hydrogen (secondary N) is 1. The van der Waals surface area contributed by atoms with Gasteiger partial charge in [0.1, 0.15) is 0 Å². The third-order valence-electron chi connectivity index (χ3n) is 2.93. The number of piperidine rings is 1. The lowest BCUT2D eigenvalue weighted by molar-refractivity contribution is -0.137. The molecule has 0 aromatic heterocycles. The number of hydrogen-bond acceptors (Lipinski definition) is 3. The second kappa shape index (κ2) is 6.48. The van der Waals surface area contributed by atoms with Crippen LogP contribution in [0.15, 0.2) is 0 Å². The van der Waals surface area contributed by atoms with Gasteiger partial charge >= 0.3 is 5.97 Å². The van der Waals surface area contributed by atoms with Crippen molar-refractivity contribution in [1.82, 2.24) is 10.2 Å². The van der Waals surface area contributed by atoms with E-state index in [1.165, 1.54) is 0 Å². The monoisotopic (exact) mass is 228 g/mol. The first kappa shape index (κ1) is 13.0. The average Bonchev–Trinajstić information content (AvgIpc) is 2.25. The fourth-order valence-corrected chi connectivity index (χ4v) is 1.76. The number of rotatable bonds is 5. The zero-order chi connectivity index (χ0) is 12.0. The van der Waals surface area contributed by atoms with Crippen molar-refractivity contribution in [2.45, 2.75) is 26.2 Å². The molecule has 0 atom stereocenters. The molecule has 0 aromatic rings. The minimum atomic E-state index is -0.841. The molecule has 5 heteroatoms. The fourth-order valence-electron chi connectivity index (χ4n) is 1.76. The van der Waals surface area contributed by atoms with E-state index in [0.717, 1.165) is 25.9 Å². The molecule has 1 rings (SSSR count). The van der Waals surface area contributed by atoms with Gasteiger partial charge in [-0.3, -0.25) is 9.59 Å². The molecule has 0 bridgehead atoms. The molecule has 0 aromatic carbocycles. The number of carboxylic acids is 1. The van der Waals surface area contributed by atoms with Crippen LogP contribution in [0.4, 0.5) is 0 Å². The van der Waals surface area contributed by atoms with E-state index in [1.807, 2.05) is 4.90 Å². The maximum absolute atomic E-state index is 11.7. The van der Waals surface area contributed by atoms with Gasteiger partial charge < -0.3 is 15.3 Å². The number of aliphatic carboxylic acids is 1. The van der Waals surface area contributed by atoms with E-state index in [-0.39, 0.29) is 18.9 Å². The lowest BCUT2D eigenvalue weighted by Gasteiger charge is -2.30. The Hall–Kier alpha value is -1.10. The van der Waals surface area contributed by atoms with Crippen LogP contribution in [0.2, 0.25) is 0 Å². The molecular formula is C11H20N2O3. The summed E-state index contributed by atoms with van der Waals surface area (Å²) in [6, 6.07) is 0. The molecule has 0 saturated carbocycles. The zero-order valence-corrected chi connectivity index (χ0v) is 9.74. The standard InChI is InChI=1S/C11H20N2O3/c1-9-3-6-13(7-4-9)10(14)8-12-5-2-11(15)16/h9,12H,2-8H2,1H3,(H,15,16). The van der Waals surface area contributed by atoms with Gasteiger partial charge in [-0.05, 0) is 18.8 Å². The lowest BCUT2D eigenvalue weighted by Crippen LogP contribution is -2.42. The molecule has 1 aliphatic heterocycles. The number of carbonyl (C=O) groups is 2. The molecule has 1 fully saturated rings. The Kier molecular flexibility index (Phi) is 5.25. The van der Waals surface area contributed by atoms with Gasteiger partial charge in [0.05, 0.1) is 13.0 Å². The molecule has 1 aliphatic rings. The smallest absolute Gasteiger partial charge is 0.304 e. The minimum absolute atomic E-state index is 0.0598. The predicted molar refractivity (Wildman–Crippen MR) is 60.1 cm³/mol. The Labute approximate surface area is 95.8 Å². The summed E-state index contributed by atoms with van der Waals surface area (Å²) in [5.41, 5.74) is 0. The second-order valence-electron chi connectivity index (χ2n) is 4.38. The molecule has 1 saturated heterocycles. The third-order valence-corrected chi connectivity index (χ3v) is 2.93. The Morgan fingerprint density at radius 3 is 2.56 bits per heavy atom. The number of amides is 1. The van der Waals surface area contributed by atoms with Crippen LogP contribution in [0, 0.1) is 5.92 Å². The molecular weight excluding hydrogens is 208 g/mol. The summed E-state index contributed by atoms with van der Waals surface area (Å²) < 4.78 is 0. The number of carboxylic acid groups (broad SMARTS) is 1. The van der Waals surface area contributed by atoms with Gasteiger partial charge in [-0.1, -0.05) is 6.92 Å². The van der Waals surface area contributed by atoms with Gasteiger partial charge in [0.25, 0.3) is 0 Å². The highest BCUT2D eigenvalue weighted by Gasteiger charge is 2.19. The lowest BCUT2D eigenvalue weighted by atomic mass is 9.99. The average molecular weight is 228 g/mol. The molecule has 2 N–H and O–H groups in total. The second-order valence-corrected chi connectivity index (χ2v) is 4.38. The third kappa shape index (κ3) is 4.61. The number of nitrogens with zero attached hydrogens (tertiary/aromatic N) is 1. The van der Waals surface area contributed by atoms with Crippen molar-refractivity contribution < 1.29 is 14.7 Å². The highest BCUT2D eigenvalue weighted by Crippen LogP contribution is 2.15. The SMILES string of the molecule is CC1CCN(C(=O)CNCCC(=O)O)CC1. The topological polar surface area (TPSA) is 69.6 Å². The van der Waals surface area contributed by atoms with E-state index in [9.17, 15) is 9.59 Å². The zero-order valence-electron chi connectivity index (χ0n) is 9.74. The van der Waals surface area contributed by atoms with Gasteiger partial charge in [0, 0.05) is 19.6 Å². The molecule has 0 spiro atoms. The first-order chi connectivity index (χ1) is 7.59. The highest BCUT2D eigenvalue weighted by atomic mass is 16.4. The molecule has 0 radical (unpaired) electrons. The van der Waals surface area contributed by atoms with Crippen LogP contribution < -0.4 is 5.32 Å². The van der Waals surface area contributed by atoms with Crippen LogP contribution in [-0.2, 0) is 9.59 Å². The van der Waals surface area contributed by atoms with Crippen LogP contribution in [-0.4, -0.2) is 48.1 Å². The maximum Gasteiger partial charge on any atom is 0.304 e. The van der Waals surface area contributed by atoms with Crippen molar-refractivity contribution in [2.75, 3.05) is 26.2 Å². The van der Waals surface area contributed by atoms with Crippen molar-refractivity contribution >= 4 is 11.9 Å². The minimum Gasteiger partial charge on any atom is -0.481 e. The maximum atomic E-state index is 11.7. The van der Waals surface area contributed by atoms with E-state index in [4.69, 9.17) is 5.11 Å². The van der Waals surface area contributed by atoms with Gasteiger partial charge in [-0.2, -0.15) is 0 Å². The Morgan fingerprint density at radius 1 is 1.38 bits per heavy atom. The fraction of sp³-hybridized carbons (Fsp3) is 0.818. The first-order valence-corrected chi connectivity index (χ1v) is 5.80. The van der Waals surface area contributed by atoms with Crippen LogP contribution in [0.3, 0.4) is 0 Å². The van der Waals surface area contributed by atoms with Crippen molar-refractivity contribution in [3.8, 4) is 0 Å². The normalized spacial score (nSPS) is 17.4. The predicted octanol–water partition coefficient (Wildman–Crippen LogP) is 0.309. The van der Waals surface area contributed by atoms with E-state index in [1.54, 1.807) is 0 Å². The molecule has 0 unspecified atom stereocenters. The van der Waals surface area contributed by atoms with Gasteiger partial charge in [-0.15, -0.1) is 0 Å². The van der Waals surface area contributed by atoms with Crippen molar-refractivity contribution in [1.29, 1.82) is 0 Å². The van der Waals surface area contributed by atoms with Crippen molar-refractivity contribution in [3.63, 3.8) is 0 Å². The van der Waals surface area contributed by atoms with Crippen molar-refractivity contribution in [3.05, 3.63) is 0 Å². The Balaban J connectivity index is 2.12. The Bertz CT molecular complexity index is 248. The molecule has 1 amide bonds. The van der Waals surface area contributed by atoms with Gasteiger partial charge in [0.15, 0.2) is 0 Å². The largest absolute Gasteiger partial charge is 0.481 e. The van der Waals surface area contributed by atoms with Crippen LogP contribution in [0.1, 0.15) is 26.2 Å². The van der Waals surface area contributed by atoms with Crippen molar-refractivity contribution in [2.24, 2.45) is 5.92 Å². The number of hydrogen-bond donors (Lipinski definition) is 2. The summed E-state index contributed by atoms with van der Waals surface area (Å²) in [6.07, 6.45) is 2.20. The van der Waals surface area contributed by atoms with Gasteiger partial charge in [0.2, 0.25) is 5.91 Å². The quantitative estimate of drug-likeness (QED) is 0.664. The van der Waals surface area contributed by atoms with E-state index in [0.29, 0.717) is 12.5 Å². The number of carbonyl (C=O) groups excluding carboxylic acids is 1. The first-order valence-electron chi connectivity index (χ1n) is 5.80. The summed E-state index contributed by atoms with van der Waals surface area (Å²) in [5, 5.41) is 11.3. The van der Waals surface area contributed by atoms with Crippen LogP contribution >= 0.6 is 0 Å². The number of likely N-dealkylation sites (tertiary alicyclic amines) is 1. The van der Waals surface area contributed by atoms with Crippen LogP contribution in [0.25, 0.3) is 0 Å². The summed E-state index contributed by atoms with van der Waals surface area (Å²) >= 11 is 0. The summed E-state index contributed by atoms with van der Waals surface area (Å²) in [4.78, 5) is 23.8. The molecule has 5 nitrogen and oxygen atoms in total. The van der Waals surface area contributed by atoms with E-state index in [2.05, 4.69) is 12.2 Å². The summed E-state index contributed by atoms with van der Waals surface area (Å²) in [7, 11) is 0. The molecule has 1 heterocycles. The molecule has 92 valence electrons. The van der Waals surface area contributed by atoms with Crippen LogP contribution in [0.5, 0.6) is 0 Å². The summed E-state index contributed by atoms with van der Waals surface area (Å²) in [6.45, 7) is 4.47. The Morgan fingerprint density at radius 2 is 2.00 bits per heavy atom. The van der Waals surface area contributed by atoms with Gasteiger partial charge in [-0.25, -0.2) is 0 Å². The molecule has 0 aliphatic carbocycles. The van der Waals surface area contributed by atoms with E-state index < -0.39 is 5.97 Å².